The highest BCUT2D eigenvalue weighted by Gasteiger charge is 2.47. The number of aromatic nitrogens is 2. The maximum Gasteiger partial charge on any atom is 0.421 e. The number of primary amides is 1. The number of anilines is 1. The third-order valence-corrected chi connectivity index (χ3v) is 7.31. The molecular weight excluding hydrogens is 506 g/mol. The lowest BCUT2D eigenvalue weighted by Gasteiger charge is -2.38. The Labute approximate surface area is 224 Å². The number of amides is 4. The summed E-state index contributed by atoms with van der Waals surface area (Å²) in [5.41, 5.74) is 7.43. The number of para-hydroxylation sites is 1. The molecule has 2 aromatic heterocycles. The zero-order valence-electron chi connectivity index (χ0n) is 20.5. The number of urea groups is 1. The summed E-state index contributed by atoms with van der Waals surface area (Å²) in [5, 5.41) is 1.35. The third-order valence-electron chi connectivity index (χ3n) is 7.00. The minimum absolute atomic E-state index is 0.165. The Balaban J connectivity index is 1.38. The number of imide groups is 1. The number of hydrogen-bond acceptors (Lipinski definition) is 5. The van der Waals surface area contributed by atoms with Gasteiger partial charge in [-0.2, -0.15) is 4.48 Å². The Morgan fingerprint density at radius 3 is 2.45 bits per heavy atom. The van der Waals surface area contributed by atoms with Crippen molar-refractivity contribution in [3.63, 3.8) is 0 Å². The summed E-state index contributed by atoms with van der Waals surface area (Å²) in [4.78, 5) is 48.6. The molecule has 0 bridgehead atoms. The van der Waals surface area contributed by atoms with Crippen molar-refractivity contribution in [2.45, 2.75) is 18.9 Å². The molecule has 0 atom stereocenters. The predicted octanol–water partition coefficient (Wildman–Crippen LogP) is 4.53. The van der Waals surface area contributed by atoms with Crippen molar-refractivity contribution in [3.8, 4) is 5.75 Å². The van der Waals surface area contributed by atoms with Gasteiger partial charge in [-0.25, -0.2) is 9.59 Å². The molecule has 0 unspecified atom stereocenters. The van der Waals surface area contributed by atoms with Gasteiger partial charge in [-0.3, -0.25) is 14.7 Å². The lowest BCUT2D eigenvalue weighted by molar-refractivity contribution is -0.779. The van der Waals surface area contributed by atoms with E-state index in [0.717, 1.165) is 5.39 Å². The van der Waals surface area contributed by atoms with Crippen LogP contribution >= 0.6 is 11.6 Å². The molecule has 10 heteroatoms. The van der Waals surface area contributed by atoms with E-state index in [0.29, 0.717) is 40.4 Å². The number of rotatable bonds is 6. The fourth-order valence-electron chi connectivity index (χ4n) is 4.84. The lowest BCUT2D eigenvalue weighted by atomic mass is 10.0. The van der Waals surface area contributed by atoms with E-state index in [-0.39, 0.29) is 31.6 Å². The number of carbonyl (C=O) groups is 3. The summed E-state index contributed by atoms with van der Waals surface area (Å²) in [6.45, 7) is 0.0620. The topological polar surface area (TPSA) is 118 Å². The van der Waals surface area contributed by atoms with Gasteiger partial charge in [0, 0.05) is 53.6 Å². The molecule has 1 aliphatic heterocycles. The van der Waals surface area contributed by atoms with Crippen LogP contribution in [-0.2, 0) is 4.79 Å². The van der Waals surface area contributed by atoms with Gasteiger partial charge in [0.2, 0.25) is 0 Å². The second kappa shape index (κ2) is 10.6. The number of nitrogens with two attached hydrogens (primary N) is 1. The number of halogens is 1. The first-order valence-corrected chi connectivity index (χ1v) is 12.7. The number of aromatic amines is 1. The van der Waals surface area contributed by atoms with Crippen molar-refractivity contribution >= 4 is 46.0 Å². The Morgan fingerprint density at radius 1 is 1.05 bits per heavy atom. The molecule has 0 aliphatic carbocycles. The van der Waals surface area contributed by atoms with E-state index in [9.17, 15) is 14.4 Å². The Hall–Kier alpha value is -4.21. The maximum atomic E-state index is 13.8. The van der Waals surface area contributed by atoms with Gasteiger partial charge in [0.05, 0.1) is 18.1 Å². The van der Waals surface area contributed by atoms with Crippen molar-refractivity contribution in [2.75, 3.05) is 24.5 Å². The summed E-state index contributed by atoms with van der Waals surface area (Å²) in [6, 6.07) is 16.8. The third kappa shape index (κ3) is 4.98. The van der Waals surface area contributed by atoms with Crippen LogP contribution in [-0.4, -0.2) is 58.0 Å². The number of nitrogens with zero attached hydrogens (tertiary/aromatic N) is 3. The molecule has 38 heavy (non-hydrogen) atoms. The molecule has 1 fully saturated rings. The van der Waals surface area contributed by atoms with Gasteiger partial charge in [0.1, 0.15) is 18.4 Å². The molecule has 1 saturated heterocycles. The van der Waals surface area contributed by atoms with E-state index in [1.54, 1.807) is 73.2 Å². The second-order valence-electron chi connectivity index (χ2n) is 9.27. The molecule has 1 aliphatic rings. The molecule has 4 aromatic rings. The SMILES string of the molecule is NC(=O)[N+]1(C(=O)CN(C(=O)c2ccc3c(Cl)c[nH]c3c2)c2ccccc2)CCC(Oc2ccncc2)CC1. The largest absolute Gasteiger partial charge is 0.490 e. The van der Waals surface area contributed by atoms with E-state index < -0.39 is 16.4 Å². The predicted molar refractivity (Wildman–Crippen MR) is 144 cm³/mol. The van der Waals surface area contributed by atoms with Gasteiger partial charge in [0.25, 0.3) is 5.91 Å². The fraction of sp³-hybridized carbons (Fsp3) is 0.214. The number of piperidine rings is 1. The average Bonchev–Trinajstić information content (AvgIpc) is 3.32. The highest BCUT2D eigenvalue weighted by atomic mass is 35.5. The first kappa shape index (κ1) is 25.4. The van der Waals surface area contributed by atoms with Crippen molar-refractivity contribution in [3.05, 3.63) is 89.8 Å². The van der Waals surface area contributed by atoms with Gasteiger partial charge in [-0.15, -0.1) is 0 Å². The van der Waals surface area contributed by atoms with Gasteiger partial charge in [-0.05, 0) is 36.4 Å². The minimum atomic E-state index is -0.736. The smallest absolute Gasteiger partial charge is 0.421 e. The van der Waals surface area contributed by atoms with Crippen LogP contribution in [0.3, 0.4) is 0 Å². The number of pyridine rings is 1. The number of hydrogen-bond donors (Lipinski definition) is 2. The molecule has 3 heterocycles. The molecule has 2 aromatic carbocycles. The number of benzene rings is 2. The zero-order chi connectivity index (χ0) is 26.7. The second-order valence-corrected chi connectivity index (χ2v) is 9.68. The number of ether oxygens (including phenoxy) is 1. The van der Waals surface area contributed by atoms with Crippen LogP contribution in [0.15, 0.2) is 79.3 Å². The molecule has 0 spiro atoms. The Morgan fingerprint density at radius 2 is 1.76 bits per heavy atom. The summed E-state index contributed by atoms with van der Waals surface area (Å²) in [5.74, 6) is -0.145. The lowest BCUT2D eigenvalue weighted by Crippen LogP contribution is -2.66. The summed E-state index contributed by atoms with van der Waals surface area (Å²) < 4.78 is 5.46. The van der Waals surface area contributed by atoms with Gasteiger partial charge < -0.3 is 15.5 Å². The highest BCUT2D eigenvalue weighted by molar-refractivity contribution is 6.35. The number of carbonyl (C=O) groups excluding carboxylic acids is 3. The normalized spacial score (nSPS) is 19.1. The zero-order valence-corrected chi connectivity index (χ0v) is 21.3. The van der Waals surface area contributed by atoms with Crippen LogP contribution in [0.4, 0.5) is 10.5 Å². The van der Waals surface area contributed by atoms with E-state index >= 15 is 0 Å². The number of likely N-dealkylation sites (tertiary alicyclic amines) is 1. The monoisotopic (exact) mass is 532 g/mol. The van der Waals surface area contributed by atoms with E-state index in [4.69, 9.17) is 22.1 Å². The Kier molecular flexibility index (Phi) is 7.13. The standard InChI is InChI=1S/C28H26ClN5O4/c29-24-17-32-25-16-19(6-7-23(24)25)27(36)33(20-4-2-1-3-5-20)18-26(35)34(28(30)37)14-10-22(11-15-34)38-21-8-12-31-13-9-21/h1-9,12-13,16-17,22H,10-11,14-15,18H2,(H2-,30,32,36,37)/p+1. The van der Waals surface area contributed by atoms with Crippen molar-refractivity contribution < 1.29 is 23.6 Å². The van der Waals surface area contributed by atoms with Crippen LogP contribution in [0, 0.1) is 0 Å². The molecule has 194 valence electrons. The maximum absolute atomic E-state index is 13.8. The minimum Gasteiger partial charge on any atom is -0.490 e. The molecule has 0 saturated carbocycles. The van der Waals surface area contributed by atoms with Gasteiger partial charge in [0.15, 0.2) is 0 Å². The number of quaternary nitrogens is 1. The molecule has 5 rings (SSSR count). The van der Waals surface area contributed by atoms with Crippen molar-refractivity contribution in [2.24, 2.45) is 5.73 Å². The number of H-pyrrole nitrogens is 1. The van der Waals surface area contributed by atoms with E-state index in [1.165, 1.54) is 4.90 Å². The van der Waals surface area contributed by atoms with Crippen LogP contribution in [0.25, 0.3) is 10.9 Å². The summed E-state index contributed by atoms with van der Waals surface area (Å²) in [6.07, 6.45) is 5.69. The summed E-state index contributed by atoms with van der Waals surface area (Å²) in [7, 11) is 0. The first-order chi connectivity index (χ1) is 18.4. The van der Waals surface area contributed by atoms with Gasteiger partial charge in [-0.1, -0.05) is 35.9 Å². The molecule has 4 amide bonds. The number of fused-ring (bicyclic) bond motifs is 1. The van der Waals surface area contributed by atoms with Crippen LogP contribution < -0.4 is 15.4 Å². The van der Waals surface area contributed by atoms with Crippen LogP contribution in [0.1, 0.15) is 23.2 Å². The Bertz CT molecular complexity index is 1470. The number of nitrogens with one attached hydrogen (secondary N) is 1. The van der Waals surface area contributed by atoms with E-state index in [2.05, 4.69) is 9.97 Å². The fourth-order valence-corrected chi connectivity index (χ4v) is 5.06. The molecule has 9 nitrogen and oxygen atoms in total. The molecule has 0 radical (unpaired) electrons. The van der Waals surface area contributed by atoms with E-state index in [1.807, 2.05) is 6.07 Å². The van der Waals surface area contributed by atoms with Gasteiger partial charge >= 0.3 is 11.9 Å². The average molecular weight is 533 g/mol. The van der Waals surface area contributed by atoms with Crippen molar-refractivity contribution in [1.82, 2.24) is 9.97 Å². The van der Waals surface area contributed by atoms with Crippen LogP contribution in [0.2, 0.25) is 5.02 Å². The van der Waals surface area contributed by atoms with Crippen LogP contribution in [0.5, 0.6) is 5.75 Å². The highest BCUT2D eigenvalue weighted by Crippen LogP contribution is 2.27. The molecular formula is C28H27ClN5O4+. The van der Waals surface area contributed by atoms with Crippen molar-refractivity contribution in [1.29, 1.82) is 0 Å². The summed E-state index contributed by atoms with van der Waals surface area (Å²) >= 11 is 6.19. The first-order valence-electron chi connectivity index (χ1n) is 12.3. The molecule has 3 N–H and O–H groups in total. The quantitative estimate of drug-likeness (QED) is 0.354.